The van der Waals surface area contributed by atoms with Crippen molar-refractivity contribution in [1.29, 1.82) is 0 Å². The summed E-state index contributed by atoms with van der Waals surface area (Å²) >= 11 is 0. The minimum atomic E-state index is 0.253. The van der Waals surface area contributed by atoms with Crippen LogP contribution in [0.5, 0.6) is 0 Å². The first-order valence-corrected chi connectivity index (χ1v) is 8.87. The fourth-order valence-electron chi connectivity index (χ4n) is 4.52. The summed E-state index contributed by atoms with van der Waals surface area (Å²) in [6, 6.07) is 6.91. The summed E-state index contributed by atoms with van der Waals surface area (Å²) in [5.41, 5.74) is 4.64. The van der Waals surface area contributed by atoms with Crippen LogP contribution in [-0.4, -0.2) is 18.2 Å². The molecular formula is C19H27NO. The van der Waals surface area contributed by atoms with E-state index in [1.54, 1.807) is 11.1 Å². The van der Waals surface area contributed by atoms with Gasteiger partial charge in [-0.1, -0.05) is 25.3 Å². The highest BCUT2D eigenvalue weighted by Gasteiger charge is 2.40. The normalized spacial score (nSPS) is 27.0. The Balaban J connectivity index is 1.33. The second-order valence-electron chi connectivity index (χ2n) is 7.24. The zero-order chi connectivity index (χ0) is 14.1. The van der Waals surface area contributed by atoms with Crippen LogP contribution in [0.3, 0.4) is 0 Å². The summed E-state index contributed by atoms with van der Waals surface area (Å²) in [7, 11) is 0. The van der Waals surface area contributed by atoms with Crippen molar-refractivity contribution in [3.8, 4) is 0 Å². The summed E-state index contributed by atoms with van der Waals surface area (Å²) < 4.78 is 6.44. The predicted molar refractivity (Wildman–Crippen MR) is 86.9 cm³/mol. The van der Waals surface area contributed by atoms with E-state index in [0.717, 1.165) is 6.54 Å². The first-order valence-electron chi connectivity index (χ1n) is 8.87. The van der Waals surface area contributed by atoms with E-state index in [0.29, 0.717) is 6.10 Å². The molecule has 1 aromatic carbocycles. The van der Waals surface area contributed by atoms with Gasteiger partial charge in [-0.25, -0.2) is 0 Å². The first-order chi connectivity index (χ1) is 10.3. The lowest BCUT2D eigenvalue weighted by atomic mass is 9.83. The second-order valence-corrected chi connectivity index (χ2v) is 7.24. The van der Waals surface area contributed by atoms with Crippen molar-refractivity contribution >= 4 is 5.69 Å². The van der Waals surface area contributed by atoms with E-state index in [4.69, 9.17) is 4.74 Å². The molecule has 1 unspecified atom stereocenters. The van der Waals surface area contributed by atoms with Crippen LogP contribution < -0.4 is 5.32 Å². The Morgan fingerprint density at radius 1 is 1.00 bits per heavy atom. The van der Waals surface area contributed by atoms with Gasteiger partial charge in [-0.05, 0) is 68.2 Å². The lowest BCUT2D eigenvalue weighted by molar-refractivity contribution is -0.0588. The summed E-state index contributed by atoms with van der Waals surface area (Å²) in [5.74, 6) is 0. The molecule has 2 aliphatic carbocycles. The van der Waals surface area contributed by atoms with E-state index in [2.05, 4.69) is 23.5 Å². The zero-order valence-corrected chi connectivity index (χ0v) is 13.0. The summed E-state index contributed by atoms with van der Waals surface area (Å²) in [5, 5.41) is 3.61. The fourth-order valence-corrected chi connectivity index (χ4v) is 4.52. The Morgan fingerprint density at radius 2 is 1.86 bits per heavy atom. The Morgan fingerprint density at radius 3 is 2.76 bits per heavy atom. The predicted octanol–water partition coefficient (Wildman–Crippen LogP) is 4.47. The number of ether oxygens (including phenoxy) is 1. The summed E-state index contributed by atoms with van der Waals surface area (Å²) in [6.07, 6.45) is 13.5. The number of rotatable bonds is 3. The first kappa shape index (κ1) is 13.6. The van der Waals surface area contributed by atoms with Gasteiger partial charge in [-0.15, -0.1) is 0 Å². The van der Waals surface area contributed by atoms with Crippen molar-refractivity contribution in [2.45, 2.75) is 75.9 Å². The number of hydrogen-bond acceptors (Lipinski definition) is 2. The highest BCUT2D eigenvalue weighted by atomic mass is 16.5. The second kappa shape index (κ2) is 5.64. The molecule has 1 aliphatic heterocycles. The average molecular weight is 285 g/mol. The molecule has 0 radical (unpaired) electrons. The minimum Gasteiger partial charge on any atom is -0.382 e. The molecule has 1 saturated carbocycles. The van der Waals surface area contributed by atoms with Crippen LogP contribution in [0.25, 0.3) is 0 Å². The molecule has 1 saturated heterocycles. The lowest BCUT2D eigenvalue weighted by Crippen LogP contribution is -2.33. The Labute approximate surface area is 128 Å². The molecule has 4 rings (SSSR count). The molecule has 1 spiro atoms. The molecule has 2 heteroatoms. The third-order valence-corrected chi connectivity index (χ3v) is 5.74. The zero-order valence-electron chi connectivity index (χ0n) is 13.0. The standard InChI is InChI=1S/C19H27NO/c1-2-10-19(11-3-1)12-9-18(21-19)14-20-17-8-7-15-5-4-6-16(15)13-17/h7-8,13,18,20H,1-6,9-12,14H2. The molecule has 1 atom stereocenters. The number of aryl methyl sites for hydroxylation is 2. The Hall–Kier alpha value is -1.02. The van der Waals surface area contributed by atoms with Crippen LogP contribution >= 0.6 is 0 Å². The van der Waals surface area contributed by atoms with Crippen LogP contribution in [0.4, 0.5) is 5.69 Å². The van der Waals surface area contributed by atoms with Crippen LogP contribution in [0.15, 0.2) is 18.2 Å². The molecule has 114 valence electrons. The van der Waals surface area contributed by atoms with Crippen molar-refractivity contribution in [1.82, 2.24) is 0 Å². The highest BCUT2D eigenvalue weighted by molar-refractivity contribution is 5.50. The monoisotopic (exact) mass is 285 g/mol. The third kappa shape index (κ3) is 2.83. The van der Waals surface area contributed by atoms with E-state index < -0.39 is 0 Å². The van der Waals surface area contributed by atoms with Crippen LogP contribution in [0.2, 0.25) is 0 Å². The van der Waals surface area contributed by atoms with Crippen LogP contribution in [-0.2, 0) is 17.6 Å². The maximum Gasteiger partial charge on any atom is 0.0756 e. The van der Waals surface area contributed by atoms with Crippen molar-refractivity contribution in [3.05, 3.63) is 29.3 Å². The topological polar surface area (TPSA) is 21.3 Å². The molecule has 3 aliphatic rings. The van der Waals surface area contributed by atoms with Gasteiger partial charge in [0.25, 0.3) is 0 Å². The van der Waals surface area contributed by atoms with Gasteiger partial charge in [0.15, 0.2) is 0 Å². The van der Waals surface area contributed by atoms with Gasteiger partial charge in [-0.2, -0.15) is 0 Å². The molecule has 21 heavy (non-hydrogen) atoms. The maximum atomic E-state index is 6.44. The van der Waals surface area contributed by atoms with Crippen molar-refractivity contribution < 1.29 is 4.74 Å². The molecule has 1 heterocycles. The number of benzene rings is 1. The van der Waals surface area contributed by atoms with Gasteiger partial charge in [-0.3, -0.25) is 0 Å². The largest absolute Gasteiger partial charge is 0.382 e. The number of hydrogen-bond donors (Lipinski definition) is 1. The Bertz CT molecular complexity index is 504. The molecule has 1 aromatic rings. The molecule has 2 fully saturated rings. The van der Waals surface area contributed by atoms with Crippen LogP contribution in [0, 0.1) is 0 Å². The highest BCUT2D eigenvalue weighted by Crippen LogP contribution is 2.41. The average Bonchev–Trinajstić information content (AvgIpc) is 3.13. The molecule has 0 aromatic heterocycles. The fraction of sp³-hybridized carbons (Fsp3) is 0.684. The van der Waals surface area contributed by atoms with E-state index >= 15 is 0 Å². The molecule has 1 N–H and O–H groups in total. The molecular weight excluding hydrogens is 258 g/mol. The van der Waals surface area contributed by atoms with Crippen LogP contribution in [0.1, 0.15) is 62.5 Å². The van der Waals surface area contributed by atoms with Gasteiger partial charge < -0.3 is 10.1 Å². The van der Waals surface area contributed by atoms with Crippen molar-refractivity contribution in [3.63, 3.8) is 0 Å². The maximum absolute atomic E-state index is 6.44. The van der Waals surface area contributed by atoms with E-state index in [1.807, 2.05) is 0 Å². The van der Waals surface area contributed by atoms with Gasteiger partial charge >= 0.3 is 0 Å². The van der Waals surface area contributed by atoms with Crippen molar-refractivity contribution in [2.24, 2.45) is 0 Å². The molecule has 2 nitrogen and oxygen atoms in total. The quantitative estimate of drug-likeness (QED) is 0.884. The number of anilines is 1. The third-order valence-electron chi connectivity index (χ3n) is 5.74. The van der Waals surface area contributed by atoms with E-state index in [-0.39, 0.29) is 5.60 Å². The van der Waals surface area contributed by atoms with Gasteiger partial charge in [0.05, 0.1) is 11.7 Å². The minimum absolute atomic E-state index is 0.253. The molecule has 0 amide bonds. The summed E-state index contributed by atoms with van der Waals surface area (Å²) in [4.78, 5) is 0. The lowest BCUT2D eigenvalue weighted by Gasteiger charge is -2.33. The van der Waals surface area contributed by atoms with E-state index in [1.165, 1.54) is 69.9 Å². The van der Waals surface area contributed by atoms with Gasteiger partial charge in [0.1, 0.15) is 0 Å². The Kier molecular flexibility index (Phi) is 3.66. The number of nitrogens with one attached hydrogen (secondary N) is 1. The van der Waals surface area contributed by atoms with Gasteiger partial charge in [0.2, 0.25) is 0 Å². The van der Waals surface area contributed by atoms with E-state index in [9.17, 15) is 0 Å². The summed E-state index contributed by atoms with van der Waals surface area (Å²) in [6.45, 7) is 0.973. The number of fused-ring (bicyclic) bond motifs is 1. The van der Waals surface area contributed by atoms with Crippen molar-refractivity contribution in [2.75, 3.05) is 11.9 Å². The SMILES string of the molecule is c1cc2c(cc1NCC1CCC3(CCCCC3)O1)CCC2. The molecule has 0 bridgehead atoms. The van der Waals surface area contributed by atoms with Gasteiger partial charge in [0, 0.05) is 12.2 Å². The smallest absolute Gasteiger partial charge is 0.0756 e.